The molecule has 2 unspecified atom stereocenters. The second-order valence-electron chi connectivity index (χ2n) is 5.93. The van der Waals surface area contributed by atoms with Crippen LogP contribution in [0.1, 0.15) is 50.2 Å². The highest BCUT2D eigenvalue weighted by Gasteiger charge is 2.21. The van der Waals surface area contributed by atoms with Crippen molar-refractivity contribution in [1.82, 2.24) is 0 Å². The summed E-state index contributed by atoms with van der Waals surface area (Å²) in [5.41, 5.74) is 1.78. The van der Waals surface area contributed by atoms with Gasteiger partial charge in [-0.25, -0.2) is 0 Å². The van der Waals surface area contributed by atoms with Gasteiger partial charge in [0.15, 0.2) is 0 Å². The van der Waals surface area contributed by atoms with E-state index in [0.29, 0.717) is 25.9 Å². The maximum absolute atomic E-state index is 12.1. The number of ether oxygens (including phenoxy) is 2. The average Bonchev–Trinajstić information content (AvgIpc) is 2.60. The highest BCUT2D eigenvalue weighted by atomic mass is 16.5. The number of carbonyl (C=O) groups excluding carboxylic acids is 2. The van der Waals surface area contributed by atoms with Crippen molar-refractivity contribution in [2.75, 3.05) is 13.7 Å². The summed E-state index contributed by atoms with van der Waals surface area (Å²) in [6.07, 6.45) is 1.40. The predicted molar refractivity (Wildman–Crippen MR) is 92.2 cm³/mol. The second-order valence-corrected chi connectivity index (χ2v) is 5.93. The summed E-state index contributed by atoms with van der Waals surface area (Å²) >= 11 is 0. The number of esters is 2. The Labute approximate surface area is 148 Å². The quantitative estimate of drug-likeness (QED) is 0.653. The van der Waals surface area contributed by atoms with Gasteiger partial charge < -0.3 is 14.6 Å². The monoisotopic (exact) mass is 350 g/mol. The summed E-state index contributed by atoms with van der Waals surface area (Å²) in [4.78, 5) is 34.3. The van der Waals surface area contributed by atoms with Crippen LogP contribution in [0.15, 0.2) is 24.3 Å². The van der Waals surface area contributed by atoms with E-state index < -0.39 is 5.97 Å². The lowest BCUT2D eigenvalue weighted by Gasteiger charge is -2.16. The fourth-order valence-corrected chi connectivity index (χ4v) is 2.60. The third-order valence-corrected chi connectivity index (χ3v) is 4.08. The Bertz CT molecular complexity index is 578. The minimum atomic E-state index is -0.872. The number of carboxylic acid groups (broad SMARTS) is 1. The molecule has 0 aromatic heterocycles. The van der Waals surface area contributed by atoms with E-state index in [4.69, 9.17) is 14.6 Å². The van der Waals surface area contributed by atoms with Crippen molar-refractivity contribution in [3.63, 3.8) is 0 Å². The Kier molecular flexibility index (Phi) is 8.67. The van der Waals surface area contributed by atoms with Crippen LogP contribution < -0.4 is 0 Å². The van der Waals surface area contributed by atoms with Crippen LogP contribution in [-0.2, 0) is 30.3 Å². The minimum absolute atomic E-state index is 0.0332. The number of rotatable bonds is 10. The largest absolute Gasteiger partial charge is 0.481 e. The lowest BCUT2D eigenvalue weighted by molar-refractivity contribution is -0.148. The lowest BCUT2D eigenvalue weighted by atomic mass is 9.92. The molecule has 0 saturated carbocycles. The van der Waals surface area contributed by atoms with Crippen LogP contribution in [0.25, 0.3) is 0 Å². The molecule has 0 fully saturated rings. The van der Waals surface area contributed by atoms with E-state index in [1.165, 1.54) is 7.11 Å². The molecule has 0 aliphatic carbocycles. The zero-order chi connectivity index (χ0) is 18.8. The molecule has 2 atom stereocenters. The van der Waals surface area contributed by atoms with Gasteiger partial charge in [-0.1, -0.05) is 24.3 Å². The van der Waals surface area contributed by atoms with Crippen LogP contribution in [0.5, 0.6) is 0 Å². The second kappa shape index (κ2) is 10.5. The number of aliphatic carboxylic acids is 1. The first-order valence-corrected chi connectivity index (χ1v) is 8.44. The smallest absolute Gasteiger partial charge is 0.312 e. The van der Waals surface area contributed by atoms with Crippen LogP contribution >= 0.6 is 0 Å². The summed E-state index contributed by atoms with van der Waals surface area (Å²) in [5.74, 6) is -2.20. The molecule has 1 aromatic rings. The van der Waals surface area contributed by atoms with Crippen molar-refractivity contribution in [2.45, 2.75) is 45.4 Å². The van der Waals surface area contributed by atoms with E-state index in [2.05, 4.69) is 0 Å². The number of methoxy groups -OCH3 is 1. The maximum Gasteiger partial charge on any atom is 0.312 e. The van der Waals surface area contributed by atoms with Crippen LogP contribution in [-0.4, -0.2) is 36.7 Å². The highest BCUT2D eigenvalue weighted by Crippen LogP contribution is 2.21. The molecule has 0 spiro atoms. The number of carbonyl (C=O) groups is 3. The Morgan fingerprint density at radius 1 is 1.12 bits per heavy atom. The summed E-state index contributed by atoms with van der Waals surface area (Å²) in [7, 11) is 1.36. The molecular formula is C19H26O6. The van der Waals surface area contributed by atoms with Crippen LogP contribution in [0.3, 0.4) is 0 Å². The third-order valence-electron chi connectivity index (χ3n) is 4.08. The van der Waals surface area contributed by atoms with Gasteiger partial charge in [0.1, 0.15) is 0 Å². The summed E-state index contributed by atoms with van der Waals surface area (Å²) in [6, 6.07) is 7.43. The standard InChI is InChI=1S/C19H26O6/c1-4-25-19(23)16(6-5-7-17(20)21)12-14-8-10-15(11-9-14)13(2)18(22)24-3/h8-11,13,16H,4-7,12H2,1-3H3,(H,20,21). The first-order valence-electron chi connectivity index (χ1n) is 8.44. The molecule has 6 nitrogen and oxygen atoms in total. The number of hydrogen-bond acceptors (Lipinski definition) is 5. The first kappa shape index (κ1) is 20.7. The molecule has 0 radical (unpaired) electrons. The Morgan fingerprint density at radius 2 is 1.76 bits per heavy atom. The molecule has 0 heterocycles. The van der Waals surface area contributed by atoms with E-state index in [1.54, 1.807) is 13.8 Å². The molecule has 138 valence electrons. The number of benzene rings is 1. The van der Waals surface area contributed by atoms with Gasteiger partial charge in [-0.2, -0.15) is 0 Å². The number of hydrogen-bond donors (Lipinski definition) is 1. The number of carboxylic acids is 1. The molecule has 0 aliphatic rings. The molecule has 0 bridgehead atoms. The van der Waals surface area contributed by atoms with Gasteiger partial charge >= 0.3 is 17.9 Å². The van der Waals surface area contributed by atoms with Crippen LogP contribution in [0, 0.1) is 5.92 Å². The van der Waals surface area contributed by atoms with Gasteiger partial charge in [0.05, 0.1) is 25.6 Å². The zero-order valence-corrected chi connectivity index (χ0v) is 15.0. The summed E-state index contributed by atoms with van der Waals surface area (Å²) in [5, 5.41) is 8.75. The van der Waals surface area contributed by atoms with Crippen molar-refractivity contribution in [1.29, 1.82) is 0 Å². The molecule has 25 heavy (non-hydrogen) atoms. The molecule has 1 aromatic carbocycles. The highest BCUT2D eigenvalue weighted by molar-refractivity contribution is 5.77. The minimum Gasteiger partial charge on any atom is -0.481 e. The van der Waals surface area contributed by atoms with E-state index >= 15 is 0 Å². The lowest BCUT2D eigenvalue weighted by Crippen LogP contribution is -2.20. The van der Waals surface area contributed by atoms with Gasteiger partial charge in [-0.05, 0) is 44.2 Å². The molecule has 6 heteroatoms. The fraction of sp³-hybridized carbons (Fsp3) is 0.526. The van der Waals surface area contributed by atoms with Crippen molar-refractivity contribution in [3.05, 3.63) is 35.4 Å². The summed E-state index contributed by atoms with van der Waals surface area (Å²) < 4.78 is 9.83. The van der Waals surface area contributed by atoms with Crippen molar-refractivity contribution < 1.29 is 29.0 Å². The molecule has 1 rings (SSSR count). The maximum atomic E-state index is 12.1. The SMILES string of the molecule is CCOC(=O)C(CCCC(=O)O)Cc1ccc(C(C)C(=O)OC)cc1. The van der Waals surface area contributed by atoms with Gasteiger partial charge in [0.25, 0.3) is 0 Å². The Hall–Kier alpha value is -2.37. The molecule has 1 N–H and O–H groups in total. The van der Waals surface area contributed by atoms with E-state index in [9.17, 15) is 14.4 Å². The van der Waals surface area contributed by atoms with Crippen LogP contribution in [0.2, 0.25) is 0 Å². The fourth-order valence-electron chi connectivity index (χ4n) is 2.60. The third kappa shape index (κ3) is 6.95. The summed E-state index contributed by atoms with van der Waals surface area (Å²) in [6.45, 7) is 3.81. The van der Waals surface area contributed by atoms with Gasteiger partial charge in [-0.3, -0.25) is 14.4 Å². The van der Waals surface area contributed by atoms with Crippen LogP contribution in [0.4, 0.5) is 0 Å². The molecular weight excluding hydrogens is 324 g/mol. The van der Waals surface area contributed by atoms with Gasteiger partial charge in [0, 0.05) is 6.42 Å². The molecule has 0 saturated heterocycles. The topological polar surface area (TPSA) is 89.9 Å². The van der Waals surface area contributed by atoms with E-state index in [-0.39, 0.29) is 30.2 Å². The predicted octanol–water partition coefficient (Wildman–Crippen LogP) is 2.94. The molecule has 0 amide bonds. The van der Waals surface area contributed by atoms with E-state index in [1.807, 2.05) is 24.3 Å². The van der Waals surface area contributed by atoms with Gasteiger partial charge in [-0.15, -0.1) is 0 Å². The van der Waals surface area contributed by atoms with E-state index in [0.717, 1.165) is 11.1 Å². The normalized spacial score (nSPS) is 12.9. The Balaban J connectivity index is 2.76. The molecule has 0 aliphatic heterocycles. The first-order chi connectivity index (χ1) is 11.9. The van der Waals surface area contributed by atoms with Crippen molar-refractivity contribution in [2.24, 2.45) is 5.92 Å². The van der Waals surface area contributed by atoms with Gasteiger partial charge in [0.2, 0.25) is 0 Å². The zero-order valence-electron chi connectivity index (χ0n) is 15.0. The van der Waals surface area contributed by atoms with Crippen molar-refractivity contribution >= 4 is 17.9 Å². The van der Waals surface area contributed by atoms with Crippen molar-refractivity contribution in [3.8, 4) is 0 Å². The average molecular weight is 350 g/mol. The Morgan fingerprint density at radius 3 is 2.28 bits per heavy atom.